The minimum atomic E-state index is -0.0679. The highest BCUT2D eigenvalue weighted by Gasteiger charge is 2.32. The molecule has 1 aromatic heterocycles. The Bertz CT molecular complexity index is 510. The van der Waals surface area contributed by atoms with Gasteiger partial charge in [0.25, 0.3) is 5.91 Å². The standard InChI is InChI=1S/C14H22N4O2.C2H6/c1-10(2)13(19)17-7-8-18(11(3)9-17)14(20)12-15-5-6-16(12)4;1-2/h5-6,10-11H,7-9H2,1-4H3;1-2H3. The van der Waals surface area contributed by atoms with Gasteiger partial charge >= 0.3 is 0 Å². The summed E-state index contributed by atoms with van der Waals surface area (Å²) in [6, 6.07) is 0.00986. The second-order valence-corrected chi connectivity index (χ2v) is 5.65. The van der Waals surface area contributed by atoms with Crippen molar-refractivity contribution in [1.29, 1.82) is 0 Å². The molecule has 0 aliphatic carbocycles. The second-order valence-electron chi connectivity index (χ2n) is 5.65. The maximum atomic E-state index is 12.4. The molecular weight excluding hydrogens is 280 g/mol. The molecule has 1 aliphatic heterocycles. The fourth-order valence-corrected chi connectivity index (χ4v) is 2.52. The number of aryl methyl sites for hydroxylation is 1. The highest BCUT2D eigenvalue weighted by molar-refractivity contribution is 5.91. The molecule has 22 heavy (non-hydrogen) atoms. The molecule has 1 fully saturated rings. The molecule has 2 amide bonds. The van der Waals surface area contributed by atoms with Gasteiger partial charge in [0, 0.05) is 51.0 Å². The van der Waals surface area contributed by atoms with Crippen molar-refractivity contribution < 1.29 is 9.59 Å². The van der Waals surface area contributed by atoms with Gasteiger partial charge in [-0.25, -0.2) is 4.98 Å². The SMILES string of the molecule is CC.CC(C)C(=O)N1CCN(C(=O)c2nccn2C)C(C)C1. The lowest BCUT2D eigenvalue weighted by molar-refractivity contribution is -0.136. The molecule has 1 aromatic rings. The minimum absolute atomic E-state index is 0.000933. The summed E-state index contributed by atoms with van der Waals surface area (Å²) in [7, 11) is 1.81. The number of piperazine rings is 1. The lowest BCUT2D eigenvalue weighted by Gasteiger charge is -2.40. The summed E-state index contributed by atoms with van der Waals surface area (Å²) < 4.78 is 1.72. The number of rotatable bonds is 2. The molecule has 124 valence electrons. The first-order chi connectivity index (χ1) is 10.4. The molecule has 2 rings (SSSR count). The molecule has 0 spiro atoms. The van der Waals surface area contributed by atoms with Crippen molar-refractivity contribution in [2.75, 3.05) is 19.6 Å². The van der Waals surface area contributed by atoms with Gasteiger partial charge in [-0.05, 0) is 6.92 Å². The molecule has 1 unspecified atom stereocenters. The van der Waals surface area contributed by atoms with Gasteiger partial charge in [0.2, 0.25) is 5.91 Å². The Morgan fingerprint density at radius 2 is 1.91 bits per heavy atom. The zero-order chi connectivity index (χ0) is 16.9. The van der Waals surface area contributed by atoms with E-state index in [1.165, 1.54) is 0 Å². The minimum Gasteiger partial charge on any atom is -0.339 e. The number of hydrogen-bond donors (Lipinski definition) is 0. The number of aromatic nitrogens is 2. The van der Waals surface area contributed by atoms with Crippen molar-refractivity contribution in [3.63, 3.8) is 0 Å². The van der Waals surface area contributed by atoms with Crippen molar-refractivity contribution in [2.45, 2.75) is 40.7 Å². The average molecular weight is 308 g/mol. The molecular formula is C16H28N4O2. The summed E-state index contributed by atoms with van der Waals surface area (Å²) in [6.45, 7) is 11.5. The first-order valence-electron chi connectivity index (χ1n) is 7.99. The van der Waals surface area contributed by atoms with Crippen LogP contribution in [0.25, 0.3) is 0 Å². The highest BCUT2D eigenvalue weighted by atomic mass is 16.2. The van der Waals surface area contributed by atoms with E-state index in [4.69, 9.17) is 0 Å². The fourth-order valence-electron chi connectivity index (χ4n) is 2.52. The van der Waals surface area contributed by atoms with E-state index in [9.17, 15) is 9.59 Å². The van der Waals surface area contributed by atoms with Crippen LogP contribution in [0.3, 0.4) is 0 Å². The molecule has 1 aliphatic rings. The normalized spacial score (nSPS) is 18.0. The predicted octanol–water partition coefficient (Wildman–Crippen LogP) is 1.78. The average Bonchev–Trinajstić information content (AvgIpc) is 2.93. The number of hydrogen-bond acceptors (Lipinski definition) is 3. The van der Waals surface area contributed by atoms with Gasteiger partial charge in [-0.15, -0.1) is 0 Å². The Labute approximate surface area is 133 Å². The lowest BCUT2D eigenvalue weighted by Crippen LogP contribution is -2.56. The van der Waals surface area contributed by atoms with Crippen LogP contribution < -0.4 is 0 Å². The molecule has 2 heterocycles. The third-order valence-electron chi connectivity index (χ3n) is 3.71. The van der Waals surface area contributed by atoms with E-state index in [0.717, 1.165) is 0 Å². The van der Waals surface area contributed by atoms with Gasteiger partial charge in [-0.2, -0.15) is 0 Å². The van der Waals surface area contributed by atoms with E-state index in [-0.39, 0.29) is 23.8 Å². The molecule has 0 radical (unpaired) electrons. The summed E-state index contributed by atoms with van der Waals surface area (Å²) in [5, 5.41) is 0. The van der Waals surface area contributed by atoms with Crippen LogP contribution in [-0.2, 0) is 11.8 Å². The second kappa shape index (κ2) is 7.96. The molecule has 0 N–H and O–H groups in total. The summed E-state index contributed by atoms with van der Waals surface area (Å²) in [6.07, 6.45) is 3.38. The van der Waals surface area contributed by atoms with Gasteiger partial charge in [0.15, 0.2) is 5.82 Å². The lowest BCUT2D eigenvalue weighted by atomic mass is 10.1. The fraction of sp³-hybridized carbons (Fsp3) is 0.688. The molecule has 0 bridgehead atoms. The maximum Gasteiger partial charge on any atom is 0.290 e. The van der Waals surface area contributed by atoms with Crippen LogP contribution in [0.4, 0.5) is 0 Å². The Kier molecular flexibility index (Phi) is 6.59. The summed E-state index contributed by atoms with van der Waals surface area (Å²) in [5.74, 6) is 0.530. The van der Waals surface area contributed by atoms with E-state index < -0.39 is 0 Å². The molecule has 0 saturated carbocycles. The quantitative estimate of drug-likeness (QED) is 0.837. The summed E-state index contributed by atoms with van der Waals surface area (Å²) >= 11 is 0. The van der Waals surface area contributed by atoms with Gasteiger partial charge in [-0.3, -0.25) is 9.59 Å². The number of imidazole rings is 1. The largest absolute Gasteiger partial charge is 0.339 e. The molecule has 6 nitrogen and oxygen atoms in total. The van der Waals surface area contributed by atoms with Crippen LogP contribution in [-0.4, -0.2) is 56.8 Å². The third kappa shape index (κ3) is 3.87. The summed E-state index contributed by atoms with van der Waals surface area (Å²) in [5.41, 5.74) is 0. The smallest absolute Gasteiger partial charge is 0.290 e. The van der Waals surface area contributed by atoms with Crippen molar-refractivity contribution >= 4 is 11.8 Å². The van der Waals surface area contributed by atoms with Crippen LogP contribution in [0.1, 0.15) is 45.2 Å². The van der Waals surface area contributed by atoms with Gasteiger partial charge in [0.1, 0.15) is 0 Å². The van der Waals surface area contributed by atoms with Crippen molar-refractivity contribution in [3.05, 3.63) is 18.2 Å². The third-order valence-corrected chi connectivity index (χ3v) is 3.71. The Morgan fingerprint density at radius 1 is 1.27 bits per heavy atom. The first-order valence-corrected chi connectivity index (χ1v) is 7.99. The van der Waals surface area contributed by atoms with Gasteiger partial charge in [0.05, 0.1) is 0 Å². The van der Waals surface area contributed by atoms with Crippen LogP contribution >= 0.6 is 0 Å². The molecule has 1 atom stereocenters. The molecule has 0 aromatic carbocycles. The zero-order valence-corrected chi connectivity index (χ0v) is 14.5. The van der Waals surface area contributed by atoms with E-state index in [1.54, 1.807) is 21.9 Å². The van der Waals surface area contributed by atoms with E-state index in [2.05, 4.69) is 4.98 Å². The Balaban J connectivity index is 0.00000116. The van der Waals surface area contributed by atoms with Crippen molar-refractivity contribution in [3.8, 4) is 0 Å². The molecule has 6 heteroatoms. The number of amides is 2. The zero-order valence-electron chi connectivity index (χ0n) is 14.5. The van der Waals surface area contributed by atoms with Crippen LogP contribution in [0.5, 0.6) is 0 Å². The van der Waals surface area contributed by atoms with Crippen LogP contribution in [0.15, 0.2) is 12.4 Å². The van der Waals surface area contributed by atoms with Crippen LogP contribution in [0.2, 0.25) is 0 Å². The molecule has 1 saturated heterocycles. The van der Waals surface area contributed by atoms with E-state index in [0.29, 0.717) is 25.5 Å². The van der Waals surface area contributed by atoms with Gasteiger partial charge in [-0.1, -0.05) is 27.7 Å². The number of carbonyl (C=O) groups excluding carboxylic acids is 2. The van der Waals surface area contributed by atoms with Crippen molar-refractivity contribution in [2.24, 2.45) is 13.0 Å². The van der Waals surface area contributed by atoms with E-state index in [1.807, 2.05) is 46.6 Å². The van der Waals surface area contributed by atoms with Crippen molar-refractivity contribution in [1.82, 2.24) is 19.4 Å². The topological polar surface area (TPSA) is 58.4 Å². The van der Waals surface area contributed by atoms with E-state index >= 15 is 0 Å². The predicted molar refractivity (Wildman–Crippen MR) is 86.5 cm³/mol. The number of nitrogens with zero attached hydrogens (tertiary/aromatic N) is 4. The van der Waals surface area contributed by atoms with Crippen LogP contribution in [0, 0.1) is 5.92 Å². The monoisotopic (exact) mass is 308 g/mol. The Morgan fingerprint density at radius 3 is 2.36 bits per heavy atom. The summed E-state index contributed by atoms with van der Waals surface area (Å²) in [4.78, 5) is 32.2. The maximum absolute atomic E-state index is 12.4. The number of carbonyl (C=O) groups is 2. The van der Waals surface area contributed by atoms with Gasteiger partial charge < -0.3 is 14.4 Å². The highest BCUT2D eigenvalue weighted by Crippen LogP contribution is 2.15. The first kappa shape index (κ1) is 18.2. The Hall–Kier alpha value is -1.85.